The van der Waals surface area contributed by atoms with Gasteiger partial charge in [0.15, 0.2) is 0 Å². The van der Waals surface area contributed by atoms with Crippen LogP contribution in [0.5, 0.6) is 0 Å². The van der Waals surface area contributed by atoms with E-state index in [4.69, 9.17) is 0 Å². The summed E-state index contributed by atoms with van der Waals surface area (Å²) in [5.41, 5.74) is 2.01. The predicted molar refractivity (Wildman–Crippen MR) is 79.1 cm³/mol. The van der Waals surface area contributed by atoms with Crippen LogP contribution in [-0.2, 0) is 6.54 Å². The third-order valence-electron chi connectivity index (χ3n) is 3.35. The second kappa shape index (κ2) is 4.81. The molecule has 4 heteroatoms. The maximum absolute atomic E-state index is 12.4. The van der Waals surface area contributed by atoms with Gasteiger partial charge in [-0.3, -0.25) is 9.36 Å². The SMILES string of the molecule is Cc1ccc(Cn2c(=O)[nH]c3ccccc3c2=O)cc1. The molecule has 0 bridgehead atoms. The maximum Gasteiger partial charge on any atom is 0.329 e. The highest BCUT2D eigenvalue weighted by molar-refractivity contribution is 5.76. The lowest BCUT2D eigenvalue weighted by molar-refractivity contribution is 0.711. The molecule has 0 radical (unpaired) electrons. The summed E-state index contributed by atoms with van der Waals surface area (Å²) in [6.45, 7) is 2.28. The monoisotopic (exact) mass is 266 g/mol. The topological polar surface area (TPSA) is 54.9 Å². The fourth-order valence-corrected chi connectivity index (χ4v) is 2.22. The van der Waals surface area contributed by atoms with E-state index < -0.39 is 0 Å². The third-order valence-corrected chi connectivity index (χ3v) is 3.35. The van der Waals surface area contributed by atoms with E-state index in [0.29, 0.717) is 10.9 Å². The second-order valence-electron chi connectivity index (χ2n) is 4.85. The molecule has 3 rings (SSSR count). The summed E-state index contributed by atoms with van der Waals surface area (Å²) in [6, 6.07) is 14.8. The lowest BCUT2D eigenvalue weighted by atomic mass is 10.1. The Bertz CT molecular complexity index is 873. The Hall–Kier alpha value is -2.62. The molecule has 0 aliphatic carbocycles. The highest BCUT2D eigenvalue weighted by atomic mass is 16.2. The molecule has 0 amide bonds. The number of fused-ring (bicyclic) bond motifs is 1. The molecule has 0 aliphatic rings. The van der Waals surface area contributed by atoms with Gasteiger partial charge in [-0.1, -0.05) is 42.0 Å². The van der Waals surface area contributed by atoms with E-state index >= 15 is 0 Å². The first-order chi connectivity index (χ1) is 9.65. The third kappa shape index (κ3) is 2.16. The first-order valence-corrected chi connectivity index (χ1v) is 6.42. The maximum atomic E-state index is 12.4. The van der Waals surface area contributed by atoms with E-state index in [0.717, 1.165) is 11.1 Å². The van der Waals surface area contributed by atoms with E-state index in [1.807, 2.05) is 31.2 Å². The summed E-state index contributed by atoms with van der Waals surface area (Å²) in [5.74, 6) is 0. The van der Waals surface area contributed by atoms with E-state index in [1.54, 1.807) is 24.3 Å². The molecule has 0 fully saturated rings. The summed E-state index contributed by atoms with van der Waals surface area (Å²) < 4.78 is 1.23. The molecular weight excluding hydrogens is 252 g/mol. The van der Waals surface area contributed by atoms with Crippen molar-refractivity contribution in [1.82, 2.24) is 9.55 Å². The highest BCUT2D eigenvalue weighted by Crippen LogP contribution is 2.06. The molecule has 0 saturated carbocycles. The second-order valence-corrected chi connectivity index (χ2v) is 4.85. The van der Waals surface area contributed by atoms with Gasteiger partial charge in [0, 0.05) is 0 Å². The zero-order chi connectivity index (χ0) is 14.1. The van der Waals surface area contributed by atoms with Crippen molar-refractivity contribution < 1.29 is 0 Å². The van der Waals surface area contributed by atoms with E-state index in [-0.39, 0.29) is 17.8 Å². The zero-order valence-corrected chi connectivity index (χ0v) is 11.1. The van der Waals surface area contributed by atoms with Crippen LogP contribution in [-0.4, -0.2) is 9.55 Å². The molecule has 0 unspecified atom stereocenters. The summed E-state index contributed by atoms with van der Waals surface area (Å²) in [6.07, 6.45) is 0. The Kier molecular flexibility index (Phi) is 2.99. The number of H-pyrrole nitrogens is 1. The largest absolute Gasteiger partial charge is 0.329 e. The van der Waals surface area contributed by atoms with Gasteiger partial charge in [0.05, 0.1) is 17.4 Å². The number of hydrogen-bond donors (Lipinski definition) is 1. The van der Waals surface area contributed by atoms with Crippen molar-refractivity contribution >= 4 is 10.9 Å². The predicted octanol–water partition coefficient (Wildman–Crippen LogP) is 2.05. The molecule has 0 aliphatic heterocycles. The van der Waals surface area contributed by atoms with Crippen LogP contribution in [0.4, 0.5) is 0 Å². The fraction of sp³-hybridized carbons (Fsp3) is 0.125. The number of nitrogens with zero attached hydrogens (tertiary/aromatic N) is 1. The Labute approximate surface area is 115 Å². The number of nitrogens with one attached hydrogen (secondary N) is 1. The molecule has 20 heavy (non-hydrogen) atoms. The van der Waals surface area contributed by atoms with Crippen LogP contribution in [0.25, 0.3) is 10.9 Å². The van der Waals surface area contributed by atoms with E-state index in [2.05, 4.69) is 4.98 Å². The van der Waals surface area contributed by atoms with Gasteiger partial charge in [0.25, 0.3) is 5.56 Å². The van der Waals surface area contributed by atoms with Crippen molar-refractivity contribution in [2.45, 2.75) is 13.5 Å². The van der Waals surface area contributed by atoms with Crippen LogP contribution in [0.2, 0.25) is 0 Å². The van der Waals surface area contributed by atoms with E-state index in [9.17, 15) is 9.59 Å². The first-order valence-electron chi connectivity index (χ1n) is 6.42. The summed E-state index contributed by atoms with van der Waals surface area (Å²) >= 11 is 0. The molecule has 1 aromatic heterocycles. The molecule has 0 atom stereocenters. The van der Waals surface area contributed by atoms with Gasteiger partial charge >= 0.3 is 5.69 Å². The number of hydrogen-bond acceptors (Lipinski definition) is 2. The Morgan fingerprint density at radius 3 is 2.45 bits per heavy atom. The number of aryl methyl sites for hydroxylation is 1. The van der Waals surface area contributed by atoms with Crippen LogP contribution < -0.4 is 11.2 Å². The van der Waals surface area contributed by atoms with Crippen molar-refractivity contribution in [2.75, 3.05) is 0 Å². The minimum atomic E-state index is -0.380. The first kappa shape index (κ1) is 12.4. The minimum Gasteiger partial charge on any atom is -0.307 e. The fourth-order valence-electron chi connectivity index (χ4n) is 2.22. The number of benzene rings is 2. The van der Waals surface area contributed by atoms with Gasteiger partial charge in [-0.05, 0) is 24.6 Å². The average molecular weight is 266 g/mol. The van der Waals surface area contributed by atoms with Crippen LogP contribution in [0.3, 0.4) is 0 Å². The lowest BCUT2D eigenvalue weighted by Gasteiger charge is -2.06. The molecule has 100 valence electrons. The standard InChI is InChI=1S/C16H14N2O2/c1-11-6-8-12(9-7-11)10-18-15(19)13-4-2-3-5-14(13)17-16(18)20/h2-9H,10H2,1H3,(H,17,20). The van der Waals surface area contributed by atoms with Crippen molar-refractivity contribution in [3.05, 3.63) is 80.5 Å². The molecule has 3 aromatic rings. The summed E-state index contributed by atoms with van der Waals surface area (Å²) in [5, 5.41) is 0.527. The van der Waals surface area contributed by atoms with E-state index in [1.165, 1.54) is 4.57 Å². The summed E-state index contributed by atoms with van der Waals surface area (Å²) in [4.78, 5) is 27.1. The zero-order valence-electron chi connectivity index (χ0n) is 11.1. The lowest BCUT2D eigenvalue weighted by Crippen LogP contribution is -2.35. The van der Waals surface area contributed by atoms with Gasteiger partial charge in [-0.2, -0.15) is 0 Å². The molecule has 1 N–H and O–H groups in total. The number of aromatic amines is 1. The minimum absolute atomic E-state index is 0.259. The van der Waals surface area contributed by atoms with Crippen molar-refractivity contribution in [1.29, 1.82) is 0 Å². The van der Waals surface area contributed by atoms with Crippen molar-refractivity contribution in [2.24, 2.45) is 0 Å². The Morgan fingerprint density at radius 2 is 1.70 bits per heavy atom. The van der Waals surface area contributed by atoms with Crippen LogP contribution in [0, 0.1) is 6.92 Å². The van der Waals surface area contributed by atoms with Gasteiger partial charge in [0.2, 0.25) is 0 Å². The highest BCUT2D eigenvalue weighted by Gasteiger charge is 2.07. The van der Waals surface area contributed by atoms with Crippen LogP contribution in [0.1, 0.15) is 11.1 Å². The average Bonchev–Trinajstić information content (AvgIpc) is 2.45. The number of para-hydroxylation sites is 1. The molecule has 1 heterocycles. The van der Waals surface area contributed by atoms with Gasteiger partial charge in [-0.15, -0.1) is 0 Å². The van der Waals surface area contributed by atoms with Crippen LogP contribution in [0.15, 0.2) is 58.1 Å². The normalized spacial score (nSPS) is 10.8. The van der Waals surface area contributed by atoms with Gasteiger partial charge < -0.3 is 4.98 Å². The molecule has 4 nitrogen and oxygen atoms in total. The van der Waals surface area contributed by atoms with Gasteiger partial charge in [0.1, 0.15) is 0 Å². The Morgan fingerprint density at radius 1 is 1.00 bits per heavy atom. The molecule has 0 saturated heterocycles. The summed E-state index contributed by atoms with van der Waals surface area (Å²) in [7, 11) is 0. The van der Waals surface area contributed by atoms with Crippen molar-refractivity contribution in [3.8, 4) is 0 Å². The molecule has 0 spiro atoms. The van der Waals surface area contributed by atoms with Gasteiger partial charge in [-0.25, -0.2) is 4.79 Å². The van der Waals surface area contributed by atoms with Crippen molar-refractivity contribution in [3.63, 3.8) is 0 Å². The Balaban J connectivity index is 2.14. The smallest absolute Gasteiger partial charge is 0.307 e. The molecular formula is C16H14N2O2. The molecule has 2 aromatic carbocycles. The number of aromatic nitrogens is 2. The number of rotatable bonds is 2. The quantitative estimate of drug-likeness (QED) is 0.771. The van der Waals surface area contributed by atoms with Crippen LogP contribution >= 0.6 is 0 Å².